The fourth-order valence-corrected chi connectivity index (χ4v) is 6.30. The van der Waals surface area contributed by atoms with Gasteiger partial charge in [-0.25, -0.2) is 8.42 Å². The third-order valence-electron chi connectivity index (χ3n) is 3.34. The molecule has 6 heteroatoms. The maximum absolute atomic E-state index is 12.7. The van der Waals surface area contributed by atoms with E-state index in [1.807, 2.05) is 6.92 Å². The number of ether oxygens (including phenoxy) is 1. The third-order valence-corrected chi connectivity index (χ3v) is 7.31. The Morgan fingerprint density at radius 1 is 1.50 bits per heavy atom. The van der Waals surface area contributed by atoms with Crippen molar-refractivity contribution in [3.63, 3.8) is 0 Å². The molecule has 0 aromatic carbocycles. The van der Waals surface area contributed by atoms with Crippen molar-refractivity contribution in [1.29, 1.82) is 0 Å². The summed E-state index contributed by atoms with van der Waals surface area (Å²) in [7, 11) is -2.01. The lowest BCUT2D eigenvalue weighted by atomic mass is 9.94. The fourth-order valence-electron chi connectivity index (χ4n) is 2.53. The highest BCUT2D eigenvalue weighted by Gasteiger charge is 2.51. The lowest BCUT2D eigenvalue weighted by Gasteiger charge is -2.34. The summed E-state index contributed by atoms with van der Waals surface area (Å²) in [6.45, 7) is 1.99. The molecule has 0 N–H and O–H groups in total. The van der Waals surface area contributed by atoms with Crippen LogP contribution in [-0.2, 0) is 14.6 Å². The number of rotatable bonds is 4. The van der Waals surface area contributed by atoms with Gasteiger partial charge in [-0.15, -0.1) is 11.3 Å². The number of ketones is 1. The summed E-state index contributed by atoms with van der Waals surface area (Å²) in [5.41, 5.74) is 0.350. The number of carbonyl (C=O) groups is 1. The van der Waals surface area contributed by atoms with Crippen molar-refractivity contribution in [2.45, 2.75) is 35.1 Å². The molecule has 0 spiro atoms. The first kappa shape index (κ1) is 13.7. The van der Waals surface area contributed by atoms with Crippen LogP contribution in [0, 0.1) is 0 Å². The summed E-state index contributed by atoms with van der Waals surface area (Å²) < 4.78 is 29.6. The van der Waals surface area contributed by atoms with Gasteiger partial charge in [-0.1, -0.05) is 13.3 Å². The molecule has 1 atom stereocenters. The van der Waals surface area contributed by atoms with Gasteiger partial charge in [0.05, 0.1) is 6.61 Å². The van der Waals surface area contributed by atoms with Gasteiger partial charge in [0, 0.05) is 19.1 Å². The van der Waals surface area contributed by atoms with Crippen molar-refractivity contribution < 1.29 is 17.9 Å². The van der Waals surface area contributed by atoms with Crippen LogP contribution >= 0.6 is 11.3 Å². The average molecular weight is 288 g/mol. The molecule has 100 valence electrons. The van der Waals surface area contributed by atoms with Gasteiger partial charge < -0.3 is 4.74 Å². The zero-order valence-corrected chi connectivity index (χ0v) is 12.1. The maximum atomic E-state index is 12.7. The zero-order valence-electron chi connectivity index (χ0n) is 10.4. The highest BCUT2D eigenvalue weighted by Crippen LogP contribution is 2.43. The van der Waals surface area contributed by atoms with Gasteiger partial charge in [0.15, 0.2) is 15.6 Å². The molecule has 0 bridgehead atoms. The van der Waals surface area contributed by atoms with Gasteiger partial charge in [0.1, 0.15) is 8.96 Å². The summed E-state index contributed by atoms with van der Waals surface area (Å²) in [4.78, 5) is 12.1. The first-order valence-corrected chi connectivity index (χ1v) is 8.19. The van der Waals surface area contributed by atoms with E-state index in [1.54, 1.807) is 11.4 Å². The second-order valence-corrected chi connectivity index (χ2v) is 8.05. The molecule has 1 aromatic rings. The highest BCUT2D eigenvalue weighted by molar-refractivity contribution is 7.95. The van der Waals surface area contributed by atoms with Gasteiger partial charge in [-0.3, -0.25) is 4.79 Å². The minimum atomic E-state index is -3.49. The van der Waals surface area contributed by atoms with E-state index in [1.165, 1.54) is 7.11 Å². The second kappa shape index (κ2) is 4.75. The van der Waals surface area contributed by atoms with Gasteiger partial charge >= 0.3 is 0 Å². The molecule has 1 aliphatic heterocycles. The second-order valence-electron chi connectivity index (χ2n) is 4.59. The Hall–Kier alpha value is -0.720. The molecule has 0 amide bonds. The molecule has 0 radical (unpaired) electrons. The standard InChI is InChI=1S/C12H16O4S2/c1-3-5-12(8-16-2)7-10(13)9-4-6-17-11(9)18(12,14)15/h4,6H,3,5,7-8H2,1-2H3. The van der Waals surface area contributed by atoms with Crippen molar-refractivity contribution in [3.05, 3.63) is 17.0 Å². The summed E-state index contributed by atoms with van der Waals surface area (Å²) in [6, 6.07) is 1.60. The van der Waals surface area contributed by atoms with Crippen LogP contribution in [0.25, 0.3) is 0 Å². The number of methoxy groups -OCH3 is 1. The van der Waals surface area contributed by atoms with Crippen molar-refractivity contribution in [2.24, 2.45) is 0 Å². The van der Waals surface area contributed by atoms with Crippen LogP contribution in [0.3, 0.4) is 0 Å². The van der Waals surface area contributed by atoms with Gasteiger partial charge in [-0.05, 0) is 17.9 Å². The molecule has 0 fully saturated rings. The first-order chi connectivity index (χ1) is 8.48. The largest absolute Gasteiger partial charge is 0.383 e. The van der Waals surface area contributed by atoms with Crippen LogP contribution in [0.4, 0.5) is 0 Å². The normalized spacial score (nSPS) is 26.0. The van der Waals surface area contributed by atoms with Crippen LogP contribution in [0.2, 0.25) is 0 Å². The predicted molar refractivity (Wildman–Crippen MR) is 70.0 cm³/mol. The van der Waals surface area contributed by atoms with E-state index in [0.717, 1.165) is 11.3 Å². The average Bonchev–Trinajstić information content (AvgIpc) is 2.77. The van der Waals surface area contributed by atoms with E-state index in [2.05, 4.69) is 0 Å². The topological polar surface area (TPSA) is 60.4 Å². The van der Waals surface area contributed by atoms with Crippen molar-refractivity contribution in [3.8, 4) is 0 Å². The van der Waals surface area contributed by atoms with E-state index >= 15 is 0 Å². The molecule has 4 nitrogen and oxygen atoms in total. The molecule has 0 aliphatic carbocycles. The van der Waals surface area contributed by atoms with Gasteiger partial charge in [0.25, 0.3) is 0 Å². The lowest BCUT2D eigenvalue weighted by molar-refractivity contribution is 0.0908. The van der Waals surface area contributed by atoms with Crippen molar-refractivity contribution in [1.82, 2.24) is 0 Å². The smallest absolute Gasteiger partial charge is 0.196 e. The molecule has 2 heterocycles. The van der Waals surface area contributed by atoms with Crippen LogP contribution in [0.15, 0.2) is 15.7 Å². The first-order valence-electron chi connectivity index (χ1n) is 5.83. The fraction of sp³-hybridized carbons (Fsp3) is 0.583. The highest BCUT2D eigenvalue weighted by atomic mass is 32.2. The SMILES string of the molecule is CCCC1(COC)CC(=O)c2ccsc2S1(=O)=O. The third kappa shape index (κ3) is 1.83. The number of hydrogen-bond donors (Lipinski definition) is 0. The molecule has 1 aromatic heterocycles. The number of carbonyl (C=O) groups excluding carboxylic acids is 1. The molecule has 1 unspecified atom stereocenters. The number of hydrogen-bond acceptors (Lipinski definition) is 5. The Morgan fingerprint density at radius 3 is 2.83 bits per heavy atom. The monoisotopic (exact) mass is 288 g/mol. The number of thiophene rings is 1. The van der Waals surface area contributed by atoms with Crippen LogP contribution < -0.4 is 0 Å². The van der Waals surface area contributed by atoms with E-state index < -0.39 is 14.6 Å². The molecular formula is C12H16O4S2. The molecule has 1 aliphatic rings. The van der Waals surface area contributed by atoms with Gasteiger partial charge in [-0.2, -0.15) is 0 Å². The summed E-state index contributed by atoms with van der Waals surface area (Å²) in [5.74, 6) is -0.0911. The van der Waals surface area contributed by atoms with E-state index in [-0.39, 0.29) is 23.0 Å². The Balaban J connectivity index is 2.61. The Kier molecular flexibility index (Phi) is 3.62. The molecule has 0 saturated carbocycles. The molecule has 2 rings (SSSR count). The summed E-state index contributed by atoms with van der Waals surface area (Å²) in [5, 5.41) is 1.66. The van der Waals surface area contributed by atoms with Crippen molar-refractivity contribution in [2.75, 3.05) is 13.7 Å². The number of fused-ring (bicyclic) bond motifs is 1. The molecular weight excluding hydrogens is 272 g/mol. The molecule has 18 heavy (non-hydrogen) atoms. The number of Topliss-reactive ketones (excluding diaryl/α,β-unsaturated/α-hetero) is 1. The van der Waals surface area contributed by atoms with Gasteiger partial charge in [0.2, 0.25) is 0 Å². The Labute approximate surface area is 111 Å². The summed E-state index contributed by atoms with van der Waals surface area (Å²) in [6.07, 6.45) is 1.18. The summed E-state index contributed by atoms with van der Waals surface area (Å²) >= 11 is 1.13. The Bertz CT molecular complexity index is 550. The maximum Gasteiger partial charge on any atom is 0.196 e. The van der Waals surface area contributed by atoms with Crippen LogP contribution in [0.1, 0.15) is 36.5 Å². The molecule has 0 saturated heterocycles. The van der Waals surface area contributed by atoms with Crippen molar-refractivity contribution >= 4 is 27.0 Å². The van der Waals surface area contributed by atoms with E-state index in [0.29, 0.717) is 18.4 Å². The predicted octanol–water partition coefficient (Wildman–Crippen LogP) is 2.29. The van der Waals surface area contributed by atoms with Crippen LogP contribution in [0.5, 0.6) is 0 Å². The van der Waals surface area contributed by atoms with E-state index in [4.69, 9.17) is 4.74 Å². The zero-order chi connectivity index (χ0) is 13.4. The van der Waals surface area contributed by atoms with E-state index in [9.17, 15) is 13.2 Å². The quantitative estimate of drug-likeness (QED) is 0.853. The number of sulfone groups is 1. The minimum absolute atomic E-state index is 0.0285. The van der Waals surface area contributed by atoms with Crippen LogP contribution in [-0.4, -0.2) is 32.7 Å². The lowest BCUT2D eigenvalue weighted by Crippen LogP contribution is -2.47. The Morgan fingerprint density at radius 2 is 2.22 bits per heavy atom. The minimum Gasteiger partial charge on any atom is -0.383 e.